The second-order valence-corrected chi connectivity index (χ2v) is 7.40. The van der Waals surface area contributed by atoms with Crippen LogP contribution in [-0.4, -0.2) is 44.8 Å². The number of hydrogen-bond donors (Lipinski definition) is 2. The van der Waals surface area contributed by atoms with Crippen LogP contribution in [0.5, 0.6) is 0 Å². The zero-order chi connectivity index (χ0) is 21.7. The number of imide groups is 1. The van der Waals surface area contributed by atoms with Crippen molar-refractivity contribution < 1.29 is 19.2 Å². The summed E-state index contributed by atoms with van der Waals surface area (Å²) in [5, 5.41) is 17.3. The van der Waals surface area contributed by atoms with Crippen LogP contribution in [-0.2, 0) is 24.5 Å². The van der Waals surface area contributed by atoms with Crippen molar-refractivity contribution in [2.24, 2.45) is 5.10 Å². The lowest BCUT2D eigenvalue weighted by atomic mass is 10.1. The third kappa shape index (κ3) is 4.87. The molecule has 0 bridgehead atoms. The van der Waals surface area contributed by atoms with Gasteiger partial charge in [-0.3, -0.25) is 4.79 Å². The Kier molecular flexibility index (Phi) is 7.21. The van der Waals surface area contributed by atoms with E-state index in [1.165, 1.54) is 11.1 Å². The summed E-state index contributed by atoms with van der Waals surface area (Å²) in [7, 11) is 0. The number of aliphatic hydroxyl groups excluding tert-OH is 1. The van der Waals surface area contributed by atoms with Crippen LogP contribution in [0.1, 0.15) is 28.1 Å². The molecule has 0 saturated carbocycles. The number of aryl methyl sites for hydroxylation is 2. The van der Waals surface area contributed by atoms with E-state index in [0.717, 1.165) is 27.3 Å². The van der Waals surface area contributed by atoms with Gasteiger partial charge in [-0.25, -0.2) is 9.69 Å². The molecule has 3 rings (SSSR count). The average Bonchev–Trinajstić information content (AvgIpc) is 3.20. The van der Waals surface area contributed by atoms with E-state index < -0.39 is 6.03 Å². The smallest absolute Gasteiger partial charge is 0.332 e. The van der Waals surface area contributed by atoms with Gasteiger partial charge < -0.3 is 20.0 Å². The molecule has 2 heterocycles. The molecule has 0 aliphatic carbocycles. The van der Waals surface area contributed by atoms with Crippen molar-refractivity contribution in [3.8, 4) is 0 Å². The first-order valence-electron chi connectivity index (χ1n) is 9.23. The number of aliphatic hydroxyl groups is 1. The van der Waals surface area contributed by atoms with Crippen LogP contribution in [0.4, 0.5) is 4.79 Å². The summed E-state index contributed by atoms with van der Waals surface area (Å²) in [6, 6.07) is 6.88. The van der Waals surface area contributed by atoms with Crippen LogP contribution in [0, 0.1) is 13.8 Å². The van der Waals surface area contributed by atoms with Crippen molar-refractivity contribution >= 4 is 40.7 Å². The summed E-state index contributed by atoms with van der Waals surface area (Å²) >= 11 is 1.97. The maximum Gasteiger partial charge on any atom is 0.332 e. The minimum atomic E-state index is -0.408. The summed E-state index contributed by atoms with van der Waals surface area (Å²) in [5.74, 6) is 0.393. The molecular formula is C20H22IN5O4. The zero-order valence-electron chi connectivity index (χ0n) is 16.6. The number of benzene rings is 1. The van der Waals surface area contributed by atoms with E-state index in [-0.39, 0.29) is 25.6 Å². The van der Waals surface area contributed by atoms with Gasteiger partial charge in [-0.05, 0) is 25.0 Å². The van der Waals surface area contributed by atoms with Crippen molar-refractivity contribution in [1.82, 2.24) is 20.4 Å². The van der Waals surface area contributed by atoms with E-state index in [1.54, 1.807) is 10.1 Å². The predicted octanol–water partition coefficient (Wildman–Crippen LogP) is 2.60. The average molecular weight is 523 g/mol. The van der Waals surface area contributed by atoms with E-state index in [1.807, 2.05) is 54.6 Å². The second kappa shape index (κ2) is 9.85. The molecule has 1 aliphatic rings. The lowest BCUT2D eigenvalue weighted by molar-refractivity contribution is -0.123. The predicted molar refractivity (Wildman–Crippen MR) is 118 cm³/mol. The molecule has 0 radical (unpaired) electrons. The van der Waals surface area contributed by atoms with Crippen LogP contribution >= 0.6 is 22.6 Å². The highest BCUT2D eigenvalue weighted by Crippen LogP contribution is 2.20. The van der Waals surface area contributed by atoms with Crippen molar-refractivity contribution in [2.45, 2.75) is 33.5 Å². The summed E-state index contributed by atoms with van der Waals surface area (Å²) in [6.07, 6.45) is 1.44. The number of amides is 3. The van der Waals surface area contributed by atoms with Crippen molar-refractivity contribution in [3.05, 3.63) is 62.2 Å². The highest BCUT2D eigenvalue weighted by Gasteiger charge is 2.37. The fourth-order valence-corrected chi connectivity index (χ4v) is 3.54. The highest BCUT2D eigenvalue weighted by atomic mass is 127. The van der Waals surface area contributed by atoms with Gasteiger partial charge in [0, 0.05) is 16.2 Å². The maximum absolute atomic E-state index is 12.8. The van der Waals surface area contributed by atoms with Crippen LogP contribution in [0.15, 0.2) is 43.7 Å². The van der Waals surface area contributed by atoms with Gasteiger partial charge in [0.2, 0.25) is 0 Å². The van der Waals surface area contributed by atoms with Gasteiger partial charge in [-0.2, -0.15) is 5.10 Å². The van der Waals surface area contributed by atoms with Gasteiger partial charge in [0.25, 0.3) is 5.91 Å². The molecule has 1 saturated heterocycles. The topological polar surface area (TPSA) is 111 Å². The number of carbonyl (C=O) groups excluding carboxylic acids is 2. The Morgan fingerprint density at radius 1 is 1.37 bits per heavy atom. The second-order valence-electron chi connectivity index (χ2n) is 6.78. The van der Waals surface area contributed by atoms with Gasteiger partial charge in [0.05, 0.1) is 30.8 Å². The molecule has 2 N–H and O–H groups in total. The number of carbonyl (C=O) groups is 2. The standard InChI is InChI=1S/C20H22IN5O4/c1-13-18(14(2)30-24-13)9-23-22-8-17(7-21)26-19(28)11-25(20(26)29)10-15-4-3-5-16(6-15)12-27/h3-8,23,27H,9-12H2,1-2H3/b17-7+,22-8-. The first kappa shape index (κ1) is 22.0. The number of aromatic nitrogens is 1. The Morgan fingerprint density at radius 3 is 2.80 bits per heavy atom. The molecule has 0 unspecified atom stereocenters. The van der Waals surface area contributed by atoms with Crippen LogP contribution in [0.2, 0.25) is 0 Å². The van der Waals surface area contributed by atoms with E-state index in [2.05, 4.69) is 15.7 Å². The lowest BCUT2D eigenvalue weighted by Gasteiger charge is -2.17. The molecule has 1 aromatic heterocycles. The molecule has 1 aliphatic heterocycles. The first-order chi connectivity index (χ1) is 14.4. The molecule has 2 aromatic rings. The third-order valence-electron chi connectivity index (χ3n) is 4.68. The fraction of sp³-hybridized carbons (Fsp3) is 0.300. The first-order valence-corrected chi connectivity index (χ1v) is 10.5. The van der Waals surface area contributed by atoms with Crippen LogP contribution in [0.25, 0.3) is 0 Å². The van der Waals surface area contributed by atoms with Crippen LogP contribution < -0.4 is 5.43 Å². The van der Waals surface area contributed by atoms with Gasteiger partial charge >= 0.3 is 6.03 Å². The molecule has 0 atom stereocenters. The number of rotatable bonds is 8. The number of hydrogen-bond acceptors (Lipinski definition) is 7. The van der Waals surface area contributed by atoms with Gasteiger partial charge in [0.1, 0.15) is 12.3 Å². The van der Waals surface area contributed by atoms with E-state index >= 15 is 0 Å². The van der Waals surface area contributed by atoms with Crippen molar-refractivity contribution in [2.75, 3.05) is 6.54 Å². The molecule has 3 amide bonds. The zero-order valence-corrected chi connectivity index (χ0v) is 18.8. The number of allylic oxidation sites excluding steroid dienone is 1. The van der Waals surface area contributed by atoms with E-state index in [4.69, 9.17) is 4.52 Å². The minimum absolute atomic E-state index is 0.0173. The number of urea groups is 1. The minimum Gasteiger partial charge on any atom is -0.392 e. The Labute approximate surface area is 187 Å². The highest BCUT2D eigenvalue weighted by molar-refractivity contribution is 14.1. The molecule has 9 nitrogen and oxygen atoms in total. The number of halogens is 1. The summed E-state index contributed by atoms with van der Waals surface area (Å²) in [5.41, 5.74) is 6.57. The monoisotopic (exact) mass is 523 g/mol. The number of nitrogens with zero attached hydrogens (tertiary/aromatic N) is 4. The number of nitrogens with one attached hydrogen (secondary N) is 1. The molecule has 1 aromatic carbocycles. The van der Waals surface area contributed by atoms with E-state index in [9.17, 15) is 14.7 Å². The quantitative estimate of drug-likeness (QED) is 0.238. The normalized spacial score (nSPS) is 15.0. The largest absolute Gasteiger partial charge is 0.392 e. The van der Waals surface area contributed by atoms with Gasteiger partial charge in [-0.1, -0.05) is 52.0 Å². The lowest BCUT2D eigenvalue weighted by Crippen LogP contribution is -2.33. The summed E-state index contributed by atoms with van der Waals surface area (Å²) in [6.45, 7) is 4.28. The van der Waals surface area contributed by atoms with Gasteiger partial charge in [0.15, 0.2) is 0 Å². The Balaban J connectivity index is 1.64. The van der Waals surface area contributed by atoms with Crippen LogP contribution in [0.3, 0.4) is 0 Å². The third-order valence-corrected chi connectivity index (χ3v) is 5.32. The SMILES string of the molecule is Cc1noc(C)c1CN/N=C\C(=C/I)N1C(=O)CN(Cc2cccc(CO)c2)C1=O. The molecule has 0 spiro atoms. The van der Waals surface area contributed by atoms with E-state index in [0.29, 0.717) is 18.0 Å². The summed E-state index contributed by atoms with van der Waals surface area (Å²) in [4.78, 5) is 27.9. The maximum atomic E-state index is 12.8. The summed E-state index contributed by atoms with van der Waals surface area (Å²) < 4.78 is 6.74. The Hall–Kier alpha value is -2.73. The fourth-order valence-electron chi connectivity index (χ4n) is 3.10. The van der Waals surface area contributed by atoms with Crippen molar-refractivity contribution in [3.63, 3.8) is 0 Å². The molecule has 10 heteroatoms. The molecule has 158 valence electrons. The van der Waals surface area contributed by atoms with Gasteiger partial charge in [-0.15, -0.1) is 0 Å². The molecule has 30 heavy (non-hydrogen) atoms. The Bertz CT molecular complexity index is 981. The molecule has 1 fully saturated rings. The van der Waals surface area contributed by atoms with Crippen molar-refractivity contribution in [1.29, 1.82) is 0 Å². The number of hydrazone groups is 1. The molecular weight excluding hydrogens is 501 g/mol. The Morgan fingerprint density at radius 2 is 2.13 bits per heavy atom.